The Morgan fingerprint density at radius 2 is 1.92 bits per heavy atom. The second kappa shape index (κ2) is 6.57. The number of nitrogens with one attached hydrogen (secondary N) is 1. The number of primary amides is 1. The van der Waals surface area contributed by atoms with E-state index in [4.69, 9.17) is 5.73 Å². The summed E-state index contributed by atoms with van der Waals surface area (Å²) < 4.78 is 1.79. The maximum Gasteiger partial charge on any atom is 0.262 e. The third-order valence-electron chi connectivity index (χ3n) is 4.52. The van der Waals surface area contributed by atoms with Gasteiger partial charge in [-0.05, 0) is 24.5 Å². The van der Waals surface area contributed by atoms with E-state index in [-0.39, 0.29) is 11.8 Å². The van der Waals surface area contributed by atoms with Gasteiger partial charge in [-0.1, -0.05) is 44.2 Å². The normalized spacial score (nSPS) is 13.7. The van der Waals surface area contributed by atoms with Crippen LogP contribution in [0.4, 0.5) is 0 Å². The first-order valence-electron chi connectivity index (χ1n) is 8.38. The van der Waals surface area contributed by atoms with E-state index in [1.54, 1.807) is 23.7 Å². The topological polar surface area (TPSA) is 90.0 Å². The largest absolute Gasteiger partial charge is 0.367 e. The standard InChI is InChI=1S/C19H22N4O2S/c1-11(2)15-13-10-14(26-17(13)23(4)22-15)16(24)21-19(3,18(20)25)12-8-6-5-7-9-12/h5-11H,1-4H3,(H2,20,25)(H,21,24)/t19-/m1/s1. The molecule has 0 unspecified atom stereocenters. The molecule has 2 heterocycles. The molecule has 26 heavy (non-hydrogen) atoms. The van der Waals surface area contributed by atoms with Crippen LogP contribution in [-0.2, 0) is 17.4 Å². The number of carbonyl (C=O) groups excluding carboxylic acids is 2. The van der Waals surface area contributed by atoms with E-state index in [1.165, 1.54) is 11.3 Å². The summed E-state index contributed by atoms with van der Waals surface area (Å²) in [6.45, 7) is 5.76. The quantitative estimate of drug-likeness (QED) is 0.723. The number of rotatable bonds is 5. The molecule has 2 amide bonds. The molecule has 0 spiro atoms. The minimum Gasteiger partial charge on any atom is -0.367 e. The lowest BCUT2D eigenvalue weighted by molar-refractivity contribution is -0.123. The molecule has 1 atom stereocenters. The smallest absolute Gasteiger partial charge is 0.262 e. The number of carbonyl (C=O) groups is 2. The Morgan fingerprint density at radius 3 is 2.50 bits per heavy atom. The van der Waals surface area contributed by atoms with E-state index >= 15 is 0 Å². The van der Waals surface area contributed by atoms with E-state index in [0.29, 0.717) is 10.4 Å². The van der Waals surface area contributed by atoms with Crippen LogP contribution in [-0.4, -0.2) is 21.6 Å². The molecule has 0 saturated heterocycles. The van der Waals surface area contributed by atoms with Gasteiger partial charge in [0.05, 0.1) is 10.6 Å². The van der Waals surface area contributed by atoms with E-state index in [9.17, 15) is 9.59 Å². The second-order valence-electron chi connectivity index (χ2n) is 6.80. The lowest BCUT2D eigenvalue weighted by Crippen LogP contribution is -2.52. The molecule has 3 rings (SSSR count). The van der Waals surface area contributed by atoms with Gasteiger partial charge in [-0.2, -0.15) is 5.10 Å². The maximum absolute atomic E-state index is 12.9. The summed E-state index contributed by atoms with van der Waals surface area (Å²) in [6, 6.07) is 10.8. The zero-order chi connectivity index (χ0) is 19.1. The summed E-state index contributed by atoms with van der Waals surface area (Å²) in [5.41, 5.74) is 5.93. The molecule has 0 aliphatic rings. The van der Waals surface area contributed by atoms with E-state index in [2.05, 4.69) is 24.3 Å². The number of thiophene rings is 1. The molecule has 2 aromatic heterocycles. The van der Waals surface area contributed by atoms with Gasteiger partial charge >= 0.3 is 0 Å². The van der Waals surface area contributed by atoms with Crippen LogP contribution in [0.5, 0.6) is 0 Å². The molecule has 6 nitrogen and oxygen atoms in total. The first kappa shape index (κ1) is 18.1. The summed E-state index contributed by atoms with van der Waals surface area (Å²) in [6.07, 6.45) is 0. The first-order chi connectivity index (χ1) is 12.2. The fraction of sp³-hybridized carbons (Fsp3) is 0.316. The van der Waals surface area contributed by atoms with Crippen molar-refractivity contribution in [2.45, 2.75) is 32.2 Å². The Morgan fingerprint density at radius 1 is 1.27 bits per heavy atom. The van der Waals surface area contributed by atoms with Crippen molar-refractivity contribution < 1.29 is 9.59 Å². The van der Waals surface area contributed by atoms with Crippen LogP contribution < -0.4 is 11.1 Å². The van der Waals surface area contributed by atoms with Gasteiger partial charge in [0.1, 0.15) is 10.4 Å². The van der Waals surface area contributed by atoms with Gasteiger partial charge in [0.25, 0.3) is 5.91 Å². The van der Waals surface area contributed by atoms with Gasteiger partial charge < -0.3 is 11.1 Å². The maximum atomic E-state index is 12.9. The average Bonchev–Trinajstić information content (AvgIpc) is 3.16. The average molecular weight is 370 g/mol. The molecule has 3 N–H and O–H groups in total. The Kier molecular flexibility index (Phi) is 4.58. The molecule has 0 bridgehead atoms. The van der Waals surface area contributed by atoms with Crippen LogP contribution >= 0.6 is 11.3 Å². The number of amides is 2. The third kappa shape index (κ3) is 2.99. The number of benzene rings is 1. The predicted octanol–water partition coefficient (Wildman–Crippen LogP) is 2.89. The summed E-state index contributed by atoms with van der Waals surface area (Å²) in [4.78, 5) is 26.4. The van der Waals surface area contributed by atoms with Gasteiger partial charge in [0.2, 0.25) is 5.91 Å². The van der Waals surface area contributed by atoms with Gasteiger partial charge in [-0.3, -0.25) is 14.3 Å². The van der Waals surface area contributed by atoms with Crippen LogP contribution in [0.3, 0.4) is 0 Å². The van der Waals surface area contributed by atoms with Crippen molar-refractivity contribution in [2.75, 3.05) is 0 Å². The van der Waals surface area contributed by atoms with E-state index < -0.39 is 11.4 Å². The van der Waals surface area contributed by atoms with Gasteiger partial charge in [0.15, 0.2) is 0 Å². The molecule has 0 saturated carbocycles. The number of hydrogen-bond donors (Lipinski definition) is 2. The van der Waals surface area contributed by atoms with Gasteiger partial charge in [-0.25, -0.2) is 0 Å². The highest BCUT2D eigenvalue weighted by Crippen LogP contribution is 2.32. The highest BCUT2D eigenvalue weighted by Gasteiger charge is 2.35. The summed E-state index contributed by atoms with van der Waals surface area (Å²) in [7, 11) is 1.86. The van der Waals surface area contributed by atoms with Gasteiger partial charge in [-0.15, -0.1) is 11.3 Å². The number of fused-ring (bicyclic) bond motifs is 1. The van der Waals surface area contributed by atoms with Crippen LogP contribution in [0.15, 0.2) is 36.4 Å². The van der Waals surface area contributed by atoms with Crippen molar-refractivity contribution in [2.24, 2.45) is 12.8 Å². The van der Waals surface area contributed by atoms with Crippen molar-refractivity contribution in [3.63, 3.8) is 0 Å². The Bertz CT molecular complexity index is 974. The number of hydrogen-bond acceptors (Lipinski definition) is 4. The van der Waals surface area contributed by atoms with Crippen molar-refractivity contribution in [3.05, 3.63) is 52.5 Å². The molecule has 0 fully saturated rings. The molecule has 136 valence electrons. The Hall–Kier alpha value is -2.67. The molecule has 0 aliphatic heterocycles. The van der Waals surface area contributed by atoms with Crippen molar-refractivity contribution in [3.8, 4) is 0 Å². The monoisotopic (exact) mass is 370 g/mol. The zero-order valence-electron chi connectivity index (χ0n) is 15.2. The highest BCUT2D eigenvalue weighted by molar-refractivity contribution is 7.20. The molecule has 7 heteroatoms. The molecule has 1 aromatic carbocycles. The summed E-state index contributed by atoms with van der Waals surface area (Å²) in [5.74, 6) is -0.682. The number of nitrogens with zero attached hydrogens (tertiary/aromatic N) is 2. The Balaban J connectivity index is 1.97. The van der Waals surface area contributed by atoms with E-state index in [0.717, 1.165) is 15.9 Å². The van der Waals surface area contributed by atoms with Crippen LogP contribution in [0.1, 0.15) is 47.6 Å². The molecular weight excluding hydrogens is 348 g/mol. The minimum atomic E-state index is -1.28. The number of aromatic nitrogens is 2. The second-order valence-corrected chi connectivity index (χ2v) is 7.83. The van der Waals surface area contributed by atoms with Crippen LogP contribution in [0.25, 0.3) is 10.2 Å². The molecule has 3 aromatic rings. The lowest BCUT2D eigenvalue weighted by Gasteiger charge is -2.27. The lowest BCUT2D eigenvalue weighted by atomic mass is 9.91. The summed E-state index contributed by atoms with van der Waals surface area (Å²) >= 11 is 1.35. The highest BCUT2D eigenvalue weighted by atomic mass is 32.1. The molecule has 0 radical (unpaired) electrons. The molecular formula is C19H22N4O2S. The SMILES string of the molecule is CC(C)c1nn(C)c2sc(C(=O)N[C@@](C)(C(N)=O)c3ccccc3)cc12. The fourth-order valence-electron chi connectivity index (χ4n) is 2.94. The predicted molar refractivity (Wildman–Crippen MR) is 103 cm³/mol. The first-order valence-corrected chi connectivity index (χ1v) is 9.20. The number of aryl methyl sites for hydroxylation is 1. The Labute approximate surface area is 156 Å². The van der Waals surface area contributed by atoms with Crippen LogP contribution in [0.2, 0.25) is 0 Å². The van der Waals surface area contributed by atoms with Gasteiger partial charge in [0, 0.05) is 12.4 Å². The minimum absolute atomic E-state index is 0.254. The third-order valence-corrected chi connectivity index (χ3v) is 5.72. The van der Waals surface area contributed by atoms with E-state index in [1.807, 2.05) is 31.3 Å². The fourth-order valence-corrected chi connectivity index (χ4v) is 3.92. The number of nitrogens with two attached hydrogens (primary N) is 1. The van der Waals surface area contributed by atoms with Crippen molar-refractivity contribution in [1.82, 2.24) is 15.1 Å². The van der Waals surface area contributed by atoms with Crippen molar-refractivity contribution in [1.29, 1.82) is 0 Å². The molecule has 0 aliphatic carbocycles. The zero-order valence-corrected chi connectivity index (χ0v) is 16.1. The van der Waals surface area contributed by atoms with Crippen molar-refractivity contribution >= 4 is 33.4 Å². The van der Waals surface area contributed by atoms with Crippen LogP contribution in [0, 0.1) is 0 Å². The summed E-state index contributed by atoms with van der Waals surface area (Å²) in [5, 5.41) is 8.30.